The van der Waals surface area contributed by atoms with Gasteiger partial charge in [0.05, 0.1) is 5.92 Å². The average Bonchev–Trinajstić information content (AvgIpc) is 2.37. The third-order valence-corrected chi connectivity index (χ3v) is 2.80. The number of amides is 1. The summed E-state index contributed by atoms with van der Waals surface area (Å²) in [6, 6.07) is 9.41. The Morgan fingerprint density at radius 1 is 1.28 bits per heavy atom. The first-order chi connectivity index (χ1) is 8.56. The number of aliphatic carboxylic acids is 1. The van der Waals surface area contributed by atoms with Crippen LogP contribution in [0.3, 0.4) is 0 Å². The van der Waals surface area contributed by atoms with Crippen LogP contribution in [0.4, 0.5) is 0 Å². The molecule has 0 fully saturated rings. The van der Waals surface area contributed by atoms with Gasteiger partial charge in [-0.15, -0.1) is 0 Å². The van der Waals surface area contributed by atoms with Gasteiger partial charge in [0, 0.05) is 6.54 Å². The first-order valence-corrected chi connectivity index (χ1v) is 6.11. The van der Waals surface area contributed by atoms with E-state index in [9.17, 15) is 9.59 Å². The molecule has 0 heterocycles. The fourth-order valence-electron chi connectivity index (χ4n) is 1.86. The first kappa shape index (κ1) is 14.2. The van der Waals surface area contributed by atoms with Crippen LogP contribution in [-0.4, -0.2) is 35.0 Å². The number of benzene rings is 1. The van der Waals surface area contributed by atoms with E-state index in [2.05, 4.69) is 0 Å². The van der Waals surface area contributed by atoms with Gasteiger partial charge in [0.2, 0.25) is 5.91 Å². The summed E-state index contributed by atoms with van der Waals surface area (Å²) in [4.78, 5) is 24.4. The third kappa shape index (κ3) is 3.87. The van der Waals surface area contributed by atoms with E-state index in [0.29, 0.717) is 6.54 Å². The highest BCUT2D eigenvalue weighted by atomic mass is 16.4. The van der Waals surface area contributed by atoms with Crippen LogP contribution in [-0.2, 0) is 9.59 Å². The molecular weight excluding hydrogens is 230 g/mol. The van der Waals surface area contributed by atoms with Crippen LogP contribution in [0.15, 0.2) is 30.3 Å². The van der Waals surface area contributed by atoms with Crippen LogP contribution in [0.25, 0.3) is 0 Å². The van der Waals surface area contributed by atoms with Gasteiger partial charge in [0.25, 0.3) is 0 Å². The van der Waals surface area contributed by atoms with Crippen molar-refractivity contribution in [1.82, 2.24) is 4.90 Å². The van der Waals surface area contributed by atoms with Crippen molar-refractivity contribution in [2.45, 2.75) is 26.2 Å². The van der Waals surface area contributed by atoms with Crippen molar-refractivity contribution in [2.75, 3.05) is 13.1 Å². The van der Waals surface area contributed by atoms with E-state index < -0.39 is 5.97 Å². The molecule has 1 rings (SSSR count). The number of nitrogens with zero attached hydrogens (tertiary/aromatic N) is 1. The molecule has 0 saturated heterocycles. The Labute approximate surface area is 107 Å². The zero-order valence-electron chi connectivity index (χ0n) is 10.8. The van der Waals surface area contributed by atoms with Gasteiger partial charge in [-0.2, -0.15) is 0 Å². The fraction of sp³-hybridized carbons (Fsp3) is 0.429. The van der Waals surface area contributed by atoms with Crippen molar-refractivity contribution in [1.29, 1.82) is 0 Å². The summed E-state index contributed by atoms with van der Waals surface area (Å²) < 4.78 is 0. The molecular formula is C14H19NO3. The van der Waals surface area contributed by atoms with Gasteiger partial charge >= 0.3 is 5.97 Å². The van der Waals surface area contributed by atoms with E-state index in [1.54, 1.807) is 0 Å². The van der Waals surface area contributed by atoms with E-state index in [0.717, 1.165) is 12.0 Å². The lowest BCUT2D eigenvalue weighted by molar-refractivity contribution is -0.145. The third-order valence-electron chi connectivity index (χ3n) is 2.80. The molecule has 0 spiro atoms. The highest BCUT2D eigenvalue weighted by Gasteiger charge is 2.22. The predicted octanol–water partition coefficient (Wildman–Crippen LogP) is 2.11. The Kier molecular flexibility index (Phi) is 5.36. The Bertz CT molecular complexity index is 403. The van der Waals surface area contributed by atoms with Gasteiger partial charge in [-0.05, 0) is 18.9 Å². The van der Waals surface area contributed by atoms with Gasteiger partial charge in [0.1, 0.15) is 6.54 Å². The van der Waals surface area contributed by atoms with Crippen molar-refractivity contribution in [3.63, 3.8) is 0 Å². The molecule has 1 aromatic rings. The van der Waals surface area contributed by atoms with Gasteiger partial charge in [-0.25, -0.2) is 0 Å². The molecule has 1 aromatic carbocycles. The number of carbonyl (C=O) groups excluding carboxylic acids is 1. The number of rotatable bonds is 6. The molecule has 0 unspecified atom stereocenters. The van der Waals surface area contributed by atoms with Crippen LogP contribution in [0.5, 0.6) is 0 Å². The van der Waals surface area contributed by atoms with Crippen LogP contribution >= 0.6 is 0 Å². The highest BCUT2D eigenvalue weighted by Crippen LogP contribution is 2.17. The molecule has 0 aromatic heterocycles. The fourth-order valence-corrected chi connectivity index (χ4v) is 1.86. The zero-order chi connectivity index (χ0) is 13.5. The Hall–Kier alpha value is -1.84. The monoisotopic (exact) mass is 249 g/mol. The largest absolute Gasteiger partial charge is 0.480 e. The number of hydrogen-bond donors (Lipinski definition) is 1. The number of carboxylic acid groups (broad SMARTS) is 1. The molecule has 0 aliphatic rings. The summed E-state index contributed by atoms with van der Waals surface area (Å²) in [6.07, 6.45) is 0.751. The maximum atomic E-state index is 12.2. The number of carbonyl (C=O) groups is 2. The molecule has 0 aliphatic carbocycles. The second-order valence-corrected chi connectivity index (χ2v) is 4.29. The van der Waals surface area contributed by atoms with E-state index in [4.69, 9.17) is 5.11 Å². The lowest BCUT2D eigenvalue weighted by Crippen LogP contribution is -2.38. The van der Waals surface area contributed by atoms with Crippen molar-refractivity contribution >= 4 is 11.9 Å². The standard InChI is InChI=1S/C14H19NO3/c1-3-9-15(10-13(16)17)14(18)11(2)12-7-5-4-6-8-12/h4-8,11H,3,9-10H2,1-2H3,(H,16,17)/t11-/m0/s1. The van der Waals surface area contributed by atoms with Crippen molar-refractivity contribution in [3.8, 4) is 0 Å². The van der Waals surface area contributed by atoms with Crippen molar-refractivity contribution < 1.29 is 14.7 Å². The summed E-state index contributed by atoms with van der Waals surface area (Å²) in [6.45, 7) is 3.98. The van der Waals surface area contributed by atoms with Gasteiger partial charge in [0.15, 0.2) is 0 Å². The summed E-state index contributed by atoms with van der Waals surface area (Å²) in [5.41, 5.74) is 0.911. The van der Waals surface area contributed by atoms with E-state index >= 15 is 0 Å². The minimum atomic E-state index is -0.975. The number of carboxylic acids is 1. The van der Waals surface area contributed by atoms with Crippen molar-refractivity contribution in [2.24, 2.45) is 0 Å². The minimum Gasteiger partial charge on any atom is -0.480 e. The molecule has 0 bridgehead atoms. The maximum absolute atomic E-state index is 12.2. The second-order valence-electron chi connectivity index (χ2n) is 4.29. The van der Waals surface area contributed by atoms with Crippen LogP contribution in [0, 0.1) is 0 Å². The summed E-state index contributed by atoms with van der Waals surface area (Å²) in [5, 5.41) is 8.82. The Morgan fingerprint density at radius 2 is 1.89 bits per heavy atom. The lowest BCUT2D eigenvalue weighted by atomic mass is 10.00. The average molecular weight is 249 g/mol. The normalized spacial score (nSPS) is 11.9. The van der Waals surface area contributed by atoms with Crippen molar-refractivity contribution in [3.05, 3.63) is 35.9 Å². The molecule has 0 aliphatic heterocycles. The summed E-state index contributed by atoms with van der Waals surface area (Å²) in [7, 11) is 0. The first-order valence-electron chi connectivity index (χ1n) is 6.11. The quantitative estimate of drug-likeness (QED) is 0.840. The molecule has 0 radical (unpaired) electrons. The molecule has 18 heavy (non-hydrogen) atoms. The predicted molar refractivity (Wildman–Crippen MR) is 69.4 cm³/mol. The lowest BCUT2D eigenvalue weighted by Gasteiger charge is -2.23. The summed E-state index contributed by atoms with van der Waals surface area (Å²) in [5.74, 6) is -1.42. The molecule has 1 amide bonds. The summed E-state index contributed by atoms with van der Waals surface area (Å²) >= 11 is 0. The van der Waals surface area contributed by atoms with Crippen LogP contribution in [0.2, 0.25) is 0 Å². The van der Waals surface area contributed by atoms with E-state index in [1.165, 1.54) is 4.90 Å². The van der Waals surface area contributed by atoms with Gasteiger partial charge in [-0.3, -0.25) is 9.59 Å². The highest BCUT2D eigenvalue weighted by molar-refractivity contribution is 5.86. The zero-order valence-corrected chi connectivity index (χ0v) is 10.8. The van der Waals surface area contributed by atoms with E-state index in [1.807, 2.05) is 44.2 Å². The number of hydrogen-bond acceptors (Lipinski definition) is 2. The minimum absolute atomic E-state index is 0.134. The Balaban J connectivity index is 2.79. The van der Waals surface area contributed by atoms with Crippen LogP contribution < -0.4 is 0 Å². The van der Waals surface area contributed by atoms with Gasteiger partial charge in [-0.1, -0.05) is 37.3 Å². The van der Waals surface area contributed by atoms with E-state index in [-0.39, 0.29) is 18.4 Å². The topological polar surface area (TPSA) is 57.6 Å². The molecule has 98 valence electrons. The smallest absolute Gasteiger partial charge is 0.323 e. The Morgan fingerprint density at radius 3 is 2.39 bits per heavy atom. The SMILES string of the molecule is CCCN(CC(=O)O)C(=O)[C@@H](C)c1ccccc1. The molecule has 4 heteroatoms. The molecule has 0 saturated carbocycles. The molecule has 1 atom stereocenters. The van der Waals surface area contributed by atoms with Gasteiger partial charge < -0.3 is 10.0 Å². The maximum Gasteiger partial charge on any atom is 0.323 e. The second kappa shape index (κ2) is 6.79. The van der Waals surface area contributed by atoms with Crippen LogP contribution in [0.1, 0.15) is 31.7 Å². The molecule has 1 N–H and O–H groups in total. The molecule has 4 nitrogen and oxygen atoms in total.